The van der Waals surface area contributed by atoms with Crippen LogP contribution < -0.4 is 11.0 Å². The van der Waals surface area contributed by atoms with Crippen molar-refractivity contribution in [2.75, 3.05) is 5.32 Å². The third-order valence-corrected chi connectivity index (χ3v) is 2.91. The molecule has 3 rings (SSSR count). The average Bonchev–Trinajstić information content (AvgIpc) is 2.90. The molecule has 2 heterocycles. The number of nitrogens with zero attached hydrogens (tertiary/aromatic N) is 1. The minimum absolute atomic E-state index is 0.176. The number of rotatable bonds is 3. The van der Waals surface area contributed by atoms with Gasteiger partial charge in [0, 0.05) is 31.7 Å². The van der Waals surface area contributed by atoms with Gasteiger partial charge in [-0.05, 0) is 29.8 Å². The van der Waals surface area contributed by atoms with Crippen molar-refractivity contribution in [3.05, 3.63) is 52.7 Å². The van der Waals surface area contributed by atoms with E-state index in [0.717, 1.165) is 23.3 Å². The Labute approximate surface area is 103 Å². The van der Waals surface area contributed by atoms with Gasteiger partial charge in [0.05, 0.1) is 11.0 Å². The SMILES string of the molecule is Cn1ccc(CNc2ccc3[nH]c(=O)[nH]c3c2)c1. The van der Waals surface area contributed by atoms with Gasteiger partial charge in [-0.1, -0.05) is 0 Å². The number of anilines is 1. The van der Waals surface area contributed by atoms with E-state index in [2.05, 4.69) is 27.5 Å². The fraction of sp³-hybridized carbons (Fsp3) is 0.154. The lowest BCUT2D eigenvalue weighted by Gasteiger charge is -2.04. The first-order valence-corrected chi connectivity index (χ1v) is 5.77. The summed E-state index contributed by atoms with van der Waals surface area (Å²) >= 11 is 0. The van der Waals surface area contributed by atoms with Crippen LogP contribution in [0, 0.1) is 0 Å². The molecule has 0 saturated heterocycles. The number of aryl methyl sites for hydroxylation is 1. The van der Waals surface area contributed by atoms with E-state index in [9.17, 15) is 4.79 Å². The fourth-order valence-corrected chi connectivity index (χ4v) is 2.01. The summed E-state index contributed by atoms with van der Waals surface area (Å²) in [6.07, 6.45) is 4.09. The molecule has 0 atom stereocenters. The standard InChI is InChI=1S/C13H14N4O/c1-17-5-4-9(8-17)7-14-10-2-3-11-12(6-10)16-13(18)15-11/h2-6,8,14H,7H2,1H3,(H2,15,16,18). The zero-order valence-corrected chi connectivity index (χ0v) is 10.0. The number of H-pyrrole nitrogens is 2. The van der Waals surface area contributed by atoms with Crippen molar-refractivity contribution in [3.8, 4) is 0 Å². The van der Waals surface area contributed by atoms with Crippen LogP contribution >= 0.6 is 0 Å². The zero-order valence-electron chi connectivity index (χ0n) is 10.0. The maximum atomic E-state index is 11.1. The van der Waals surface area contributed by atoms with E-state index in [1.165, 1.54) is 5.56 Å². The summed E-state index contributed by atoms with van der Waals surface area (Å²) in [4.78, 5) is 16.6. The molecule has 3 aromatic rings. The monoisotopic (exact) mass is 242 g/mol. The second kappa shape index (κ2) is 4.10. The van der Waals surface area contributed by atoms with Crippen molar-refractivity contribution in [2.24, 2.45) is 7.05 Å². The second-order valence-corrected chi connectivity index (χ2v) is 4.38. The maximum absolute atomic E-state index is 11.1. The Bertz CT molecular complexity index is 735. The number of aromatic nitrogens is 3. The van der Waals surface area contributed by atoms with Gasteiger partial charge in [0.15, 0.2) is 0 Å². The van der Waals surface area contributed by atoms with Gasteiger partial charge in [0.1, 0.15) is 0 Å². The molecule has 3 N–H and O–H groups in total. The van der Waals surface area contributed by atoms with Crippen molar-refractivity contribution in [1.29, 1.82) is 0 Å². The summed E-state index contributed by atoms with van der Waals surface area (Å²) in [5.74, 6) is 0. The molecule has 0 fully saturated rings. The van der Waals surface area contributed by atoms with E-state index in [1.54, 1.807) is 0 Å². The van der Waals surface area contributed by atoms with Crippen LogP contribution in [0.4, 0.5) is 5.69 Å². The lowest BCUT2D eigenvalue weighted by Crippen LogP contribution is -1.99. The first kappa shape index (κ1) is 10.7. The van der Waals surface area contributed by atoms with Crippen molar-refractivity contribution < 1.29 is 0 Å². The summed E-state index contributed by atoms with van der Waals surface area (Å²) in [7, 11) is 2.00. The van der Waals surface area contributed by atoms with E-state index in [4.69, 9.17) is 0 Å². The number of hydrogen-bond donors (Lipinski definition) is 3. The Morgan fingerprint density at radius 1 is 1.22 bits per heavy atom. The molecule has 5 nitrogen and oxygen atoms in total. The van der Waals surface area contributed by atoms with Crippen LogP contribution in [-0.4, -0.2) is 14.5 Å². The van der Waals surface area contributed by atoms with Crippen LogP contribution in [0.5, 0.6) is 0 Å². The average molecular weight is 242 g/mol. The highest BCUT2D eigenvalue weighted by molar-refractivity contribution is 5.78. The van der Waals surface area contributed by atoms with Crippen LogP contribution in [-0.2, 0) is 13.6 Å². The van der Waals surface area contributed by atoms with Crippen molar-refractivity contribution in [1.82, 2.24) is 14.5 Å². The predicted molar refractivity (Wildman–Crippen MR) is 71.7 cm³/mol. The Morgan fingerprint density at radius 2 is 2.06 bits per heavy atom. The Morgan fingerprint density at radius 3 is 2.83 bits per heavy atom. The first-order chi connectivity index (χ1) is 8.70. The highest BCUT2D eigenvalue weighted by Gasteiger charge is 2.00. The molecule has 0 amide bonds. The Balaban J connectivity index is 1.80. The van der Waals surface area contributed by atoms with Gasteiger partial charge < -0.3 is 19.9 Å². The van der Waals surface area contributed by atoms with Crippen LogP contribution in [0.3, 0.4) is 0 Å². The number of fused-ring (bicyclic) bond motifs is 1. The predicted octanol–water partition coefficient (Wildman–Crippen LogP) is 1.81. The molecular formula is C13H14N4O. The number of nitrogens with one attached hydrogen (secondary N) is 3. The number of aromatic amines is 2. The van der Waals surface area contributed by atoms with E-state index in [1.807, 2.05) is 36.0 Å². The normalized spacial score (nSPS) is 10.9. The lowest BCUT2D eigenvalue weighted by atomic mass is 10.2. The molecule has 0 saturated carbocycles. The molecule has 5 heteroatoms. The van der Waals surface area contributed by atoms with Crippen molar-refractivity contribution >= 4 is 16.7 Å². The summed E-state index contributed by atoms with van der Waals surface area (Å²) in [6, 6.07) is 7.84. The highest BCUT2D eigenvalue weighted by atomic mass is 16.1. The maximum Gasteiger partial charge on any atom is 0.323 e. The molecule has 92 valence electrons. The summed E-state index contributed by atoms with van der Waals surface area (Å²) in [5.41, 5.74) is 3.68. The van der Waals surface area contributed by atoms with Gasteiger partial charge in [0.2, 0.25) is 0 Å². The third-order valence-electron chi connectivity index (χ3n) is 2.91. The van der Waals surface area contributed by atoms with Gasteiger partial charge >= 0.3 is 5.69 Å². The Hall–Kier alpha value is -2.43. The highest BCUT2D eigenvalue weighted by Crippen LogP contribution is 2.15. The fourth-order valence-electron chi connectivity index (χ4n) is 2.01. The molecule has 0 unspecified atom stereocenters. The van der Waals surface area contributed by atoms with Crippen LogP contribution in [0.15, 0.2) is 41.5 Å². The second-order valence-electron chi connectivity index (χ2n) is 4.38. The molecule has 0 spiro atoms. The van der Waals surface area contributed by atoms with E-state index >= 15 is 0 Å². The third kappa shape index (κ3) is 2.02. The summed E-state index contributed by atoms with van der Waals surface area (Å²) in [6.45, 7) is 0.765. The number of imidazole rings is 1. The molecule has 1 aromatic carbocycles. The topological polar surface area (TPSA) is 65.6 Å². The molecule has 0 radical (unpaired) electrons. The van der Waals surface area contributed by atoms with Crippen LogP contribution in [0.1, 0.15) is 5.56 Å². The smallest absolute Gasteiger partial charge is 0.323 e. The van der Waals surface area contributed by atoms with Crippen LogP contribution in [0.2, 0.25) is 0 Å². The number of benzene rings is 1. The van der Waals surface area contributed by atoms with Crippen molar-refractivity contribution in [3.63, 3.8) is 0 Å². The largest absolute Gasteiger partial charge is 0.381 e. The quantitative estimate of drug-likeness (QED) is 0.655. The summed E-state index contributed by atoms with van der Waals surface area (Å²) < 4.78 is 2.02. The molecule has 0 aliphatic rings. The van der Waals surface area contributed by atoms with Crippen LogP contribution in [0.25, 0.3) is 11.0 Å². The van der Waals surface area contributed by atoms with Gasteiger partial charge in [-0.25, -0.2) is 4.79 Å². The van der Waals surface area contributed by atoms with Crippen molar-refractivity contribution in [2.45, 2.75) is 6.54 Å². The molecule has 18 heavy (non-hydrogen) atoms. The molecule has 0 aliphatic heterocycles. The number of hydrogen-bond acceptors (Lipinski definition) is 2. The molecular weight excluding hydrogens is 228 g/mol. The molecule has 2 aromatic heterocycles. The minimum Gasteiger partial charge on any atom is -0.381 e. The zero-order chi connectivity index (χ0) is 12.5. The van der Waals surface area contributed by atoms with Gasteiger partial charge in [-0.2, -0.15) is 0 Å². The van der Waals surface area contributed by atoms with Gasteiger partial charge in [-0.3, -0.25) is 0 Å². The van der Waals surface area contributed by atoms with E-state index in [-0.39, 0.29) is 5.69 Å². The van der Waals surface area contributed by atoms with E-state index < -0.39 is 0 Å². The van der Waals surface area contributed by atoms with Gasteiger partial charge in [-0.15, -0.1) is 0 Å². The lowest BCUT2D eigenvalue weighted by molar-refractivity contribution is 0.920. The Kier molecular flexibility index (Phi) is 2.44. The summed E-state index contributed by atoms with van der Waals surface area (Å²) in [5, 5.41) is 3.33. The minimum atomic E-state index is -0.176. The van der Waals surface area contributed by atoms with Gasteiger partial charge in [0.25, 0.3) is 0 Å². The van der Waals surface area contributed by atoms with E-state index in [0.29, 0.717) is 0 Å². The molecule has 0 aliphatic carbocycles. The first-order valence-electron chi connectivity index (χ1n) is 5.77. The molecule has 0 bridgehead atoms.